The molecule has 0 heterocycles. The van der Waals surface area contributed by atoms with Crippen molar-refractivity contribution in [3.63, 3.8) is 0 Å². The van der Waals surface area contributed by atoms with Crippen LogP contribution in [-0.4, -0.2) is 33.1 Å². The molecule has 1 aromatic rings. The van der Waals surface area contributed by atoms with Gasteiger partial charge in [-0.2, -0.15) is 0 Å². The molecule has 0 aliphatic rings. The summed E-state index contributed by atoms with van der Waals surface area (Å²) in [6.07, 6.45) is 0.903. The third-order valence-electron chi connectivity index (χ3n) is 2.81. The summed E-state index contributed by atoms with van der Waals surface area (Å²) in [5.41, 5.74) is 1.32. The molecule has 0 bridgehead atoms. The molecule has 5 heteroatoms. The molecule has 0 radical (unpaired) electrons. The molecule has 106 valence electrons. The van der Waals surface area contributed by atoms with Crippen molar-refractivity contribution in [3.05, 3.63) is 29.6 Å². The highest BCUT2D eigenvalue weighted by Crippen LogP contribution is 2.21. The molecule has 2 N–H and O–H groups in total. The van der Waals surface area contributed by atoms with Crippen LogP contribution < -0.4 is 15.5 Å². The fourth-order valence-corrected chi connectivity index (χ4v) is 1.88. The predicted molar refractivity (Wildman–Crippen MR) is 75.7 cm³/mol. The molecular formula is C14H22FN3O. The van der Waals surface area contributed by atoms with Crippen molar-refractivity contribution < 1.29 is 9.18 Å². The van der Waals surface area contributed by atoms with Crippen LogP contribution >= 0.6 is 0 Å². The van der Waals surface area contributed by atoms with Crippen molar-refractivity contribution in [2.45, 2.75) is 19.9 Å². The Morgan fingerprint density at radius 2 is 2.16 bits per heavy atom. The summed E-state index contributed by atoms with van der Waals surface area (Å²) in [5, 5.41) is 5.75. The number of benzene rings is 1. The van der Waals surface area contributed by atoms with Crippen molar-refractivity contribution in [3.8, 4) is 0 Å². The molecule has 1 rings (SSSR count). The third-order valence-corrected chi connectivity index (χ3v) is 2.81. The number of rotatable bonds is 7. The van der Waals surface area contributed by atoms with E-state index in [4.69, 9.17) is 0 Å². The SMILES string of the molecule is CCCNC(=O)CN(C)c1cccc(F)c1CNC. The Labute approximate surface area is 114 Å². The van der Waals surface area contributed by atoms with Crippen LogP contribution in [0.5, 0.6) is 0 Å². The summed E-state index contributed by atoms with van der Waals surface area (Å²) < 4.78 is 13.8. The number of amides is 1. The molecule has 0 fully saturated rings. The molecule has 0 atom stereocenters. The molecule has 0 saturated carbocycles. The lowest BCUT2D eigenvalue weighted by atomic mass is 10.1. The predicted octanol–water partition coefficient (Wildman–Crippen LogP) is 1.51. The van der Waals surface area contributed by atoms with E-state index in [1.54, 1.807) is 25.1 Å². The Morgan fingerprint density at radius 3 is 2.79 bits per heavy atom. The number of anilines is 1. The molecule has 0 saturated heterocycles. The molecule has 1 amide bonds. The smallest absolute Gasteiger partial charge is 0.239 e. The van der Waals surface area contributed by atoms with Gasteiger partial charge >= 0.3 is 0 Å². The number of halogens is 1. The highest BCUT2D eigenvalue weighted by Gasteiger charge is 2.13. The van der Waals surface area contributed by atoms with Gasteiger partial charge in [0.05, 0.1) is 6.54 Å². The Morgan fingerprint density at radius 1 is 1.42 bits per heavy atom. The van der Waals surface area contributed by atoms with E-state index in [1.807, 2.05) is 13.0 Å². The van der Waals surface area contributed by atoms with Crippen molar-refractivity contribution in [2.75, 3.05) is 32.1 Å². The molecule has 0 aliphatic carbocycles. The van der Waals surface area contributed by atoms with Crippen LogP contribution in [0.4, 0.5) is 10.1 Å². The minimum Gasteiger partial charge on any atom is -0.365 e. The number of hydrogen-bond donors (Lipinski definition) is 2. The summed E-state index contributed by atoms with van der Waals surface area (Å²) in [6.45, 7) is 3.32. The Hall–Kier alpha value is -1.62. The lowest BCUT2D eigenvalue weighted by Crippen LogP contribution is -2.36. The summed E-state index contributed by atoms with van der Waals surface area (Å²) in [5.74, 6) is -0.309. The van der Waals surface area contributed by atoms with E-state index in [2.05, 4.69) is 10.6 Å². The maximum atomic E-state index is 13.8. The lowest BCUT2D eigenvalue weighted by Gasteiger charge is -2.22. The van der Waals surface area contributed by atoms with Gasteiger partial charge in [0.15, 0.2) is 0 Å². The Bertz CT molecular complexity index is 423. The van der Waals surface area contributed by atoms with Gasteiger partial charge in [0, 0.05) is 31.4 Å². The van der Waals surface area contributed by atoms with Crippen LogP contribution in [0.1, 0.15) is 18.9 Å². The number of carbonyl (C=O) groups excluding carboxylic acids is 1. The minimum atomic E-state index is -0.257. The first-order chi connectivity index (χ1) is 9.10. The molecule has 1 aromatic carbocycles. The summed E-state index contributed by atoms with van der Waals surface area (Å²) in [7, 11) is 3.56. The first-order valence-corrected chi connectivity index (χ1v) is 6.50. The van der Waals surface area contributed by atoms with Crippen LogP contribution in [0.15, 0.2) is 18.2 Å². The summed E-state index contributed by atoms with van der Waals surface area (Å²) >= 11 is 0. The van der Waals surface area contributed by atoms with E-state index in [0.717, 1.165) is 12.1 Å². The number of nitrogens with one attached hydrogen (secondary N) is 2. The van der Waals surface area contributed by atoms with Gasteiger partial charge in [-0.3, -0.25) is 4.79 Å². The average Bonchev–Trinajstić information content (AvgIpc) is 2.38. The van der Waals surface area contributed by atoms with E-state index in [0.29, 0.717) is 18.7 Å². The van der Waals surface area contributed by atoms with Gasteiger partial charge < -0.3 is 15.5 Å². The van der Waals surface area contributed by atoms with Gasteiger partial charge in [-0.15, -0.1) is 0 Å². The normalized spacial score (nSPS) is 10.3. The van der Waals surface area contributed by atoms with Crippen LogP contribution in [0.3, 0.4) is 0 Å². The molecule has 4 nitrogen and oxygen atoms in total. The molecule has 0 aliphatic heterocycles. The zero-order valence-electron chi connectivity index (χ0n) is 11.8. The van der Waals surface area contributed by atoms with Crippen molar-refractivity contribution in [1.29, 1.82) is 0 Å². The fourth-order valence-electron chi connectivity index (χ4n) is 1.88. The van der Waals surface area contributed by atoms with E-state index in [1.165, 1.54) is 6.07 Å². The zero-order valence-corrected chi connectivity index (χ0v) is 11.8. The number of carbonyl (C=O) groups is 1. The monoisotopic (exact) mass is 267 g/mol. The van der Waals surface area contributed by atoms with Crippen molar-refractivity contribution in [1.82, 2.24) is 10.6 Å². The number of hydrogen-bond acceptors (Lipinski definition) is 3. The van der Waals surface area contributed by atoms with E-state index < -0.39 is 0 Å². The second kappa shape index (κ2) is 7.74. The molecule has 0 unspecified atom stereocenters. The second-order valence-corrected chi connectivity index (χ2v) is 4.47. The van der Waals surface area contributed by atoms with E-state index >= 15 is 0 Å². The first-order valence-electron chi connectivity index (χ1n) is 6.50. The fraction of sp³-hybridized carbons (Fsp3) is 0.500. The van der Waals surface area contributed by atoms with Gasteiger partial charge in [0.1, 0.15) is 5.82 Å². The van der Waals surface area contributed by atoms with Crippen LogP contribution in [0.25, 0.3) is 0 Å². The largest absolute Gasteiger partial charge is 0.365 e. The quantitative estimate of drug-likeness (QED) is 0.787. The lowest BCUT2D eigenvalue weighted by molar-refractivity contribution is -0.119. The second-order valence-electron chi connectivity index (χ2n) is 4.47. The summed E-state index contributed by atoms with van der Waals surface area (Å²) in [4.78, 5) is 13.4. The van der Waals surface area contributed by atoms with Crippen LogP contribution in [0, 0.1) is 5.82 Å². The maximum absolute atomic E-state index is 13.8. The molecular weight excluding hydrogens is 245 g/mol. The minimum absolute atomic E-state index is 0.0518. The van der Waals surface area contributed by atoms with Crippen LogP contribution in [-0.2, 0) is 11.3 Å². The van der Waals surface area contributed by atoms with Crippen molar-refractivity contribution in [2.24, 2.45) is 0 Å². The maximum Gasteiger partial charge on any atom is 0.239 e. The molecule has 0 aromatic heterocycles. The van der Waals surface area contributed by atoms with Gasteiger partial charge in [-0.05, 0) is 25.6 Å². The van der Waals surface area contributed by atoms with E-state index in [-0.39, 0.29) is 18.3 Å². The zero-order chi connectivity index (χ0) is 14.3. The van der Waals surface area contributed by atoms with Gasteiger partial charge in [0.2, 0.25) is 5.91 Å². The molecule has 0 spiro atoms. The van der Waals surface area contributed by atoms with Gasteiger partial charge in [0.25, 0.3) is 0 Å². The first kappa shape index (κ1) is 15.4. The Balaban J connectivity index is 2.78. The average molecular weight is 267 g/mol. The third kappa shape index (κ3) is 4.52. The summed E-state index contributed by atoms with van der Waals surface area (Å²) in [6, 6.07) is 4.91. The topological polar surface area (TPSA) is 44.4 Å². The molecule has 19 heavy (non-hydrogen) atoms. The van der Waals surface area contributed by atoms with E-state index in [9.17, 15) is 9.18 Å². The van der Waals surface area contributed by atoms with Crippen molar-refractivity contribution >= 4 is 11.6 Å². The number of likely N-dealkylation sites (N-methyl/N-ethyl adjacent to an activating group) is 1. The highest BCUT2D eigenvalue weighted by molar-refractivity contribution is 5.81. The number of nitrogens with zero attached hydrogens (tertiary/aromatic N) is 1. The Kier molecular flexibility index (Phi) is 6.29. The van der Waals surface area contributed by atoms with Gasteiger partial charge in [-0.1, -0.05) is 13.0 Å². The van der Waals surface area contributed by atoms with Crippen LogP contribution in [0.2, 0.25) is 0 Å². The standard InChI is InChI=1S/C14H22FN3O/c1-4-8-17-14(19)10-18(3)13-7-5-6-12(15)11(13)9-16-2/h5-7,16H,4,8-10H2,1-3H3,(H,17,19). The van der Waals surface area contributed by atoms with Gasteiger partial charge in [-0.25, -0.2) is 4.39 Å². The highest BCUT2D eigenvalue weighted by atomic mass is 19.1.